The number of esters is 1. The molecule has 1 fully saturated rings. The van der Waals surface area contributed by atoms with Crippen molar-refractivity contribution < 1.29 is 32.2 Å². The van der Waals surface area contributed by atoms with E-state index in [1.165, 1.54) is 30.7 Å². The van der Waals surface area contributed by atoms with Gasteiger partial charge in [-0.2, -0.15) is 4.31 Å². The number of sulfonamides is 1. The van der Waals surface area contributed by atoms with Gasteiger partial charge in [-0.3, -0.25) is 0 Å². The average Bonchev–Trinajstić information content (AvgIpc) is 2.90. The Bertz CT molecular complexity index is 1130. The van der Waals surface area contributed by atoms with E-state index < -0.39 is 28.1 Å². The van der Waals surface area contributed by atoms with E-state index in [1.54, 1.807) is 41.3 Å². The maximum absolute atomic E-state index is 13.8. The molecule has 0 radical (unpaired) electrons. The highest BCUT2D eigenvalue weighted by molar-refractivity contribution is 7.89. The van der Waals surface area contributed by atoms with Crippen molar-refractivity contribution in [1.29, 1.82) is 0 Å². The molecule has 1 heterocycles. The number of rotatable bonds is 9. The first-order valence-corrected chi connectivity index (χ1v) is 13.3. The molecule has 1 unspecified atom stereocenters. The lowest BCUT2D eigenvalue weighted by atomic mass is 10.1. The maximum Gasteiger partial charge on any atom is 0.409 e. The topological polar surface area (TPSA) is 102 Å². The van der Waals surface area contributed by atoms with Crippen molar-refractivity contribution in [3.8, 4) is 5.75 Å². The first kappa shape index (κ1) is 27.5. The van der Waals surface area contributed by atoms with Crippen molar-refractivity contribution in [3.05, 3.63) is 59.7 Å². The van der Waals surface area contributed by atoms with Crippen molar-refractivity contribution in [3.63, 3.8) is 0 Å². The van der Waals surface area contributed by atoms with Gasteiger partial charge in [0.1, 0.15) is 5.75 Å². The molecule has 0 aromatic heterocycles. The molecule has 0 bridgehead atoms. The molecule has 1 atom stereocenters. The highest BCUT2D eigenvalue weighted by atomic mass is 32.2. The Morgan fingerprint density at radius 1 is 1.06 bits per heavy atom. The number of methoxy groups -OCH3 is 2. The molecule has 2 aromatic rings. The van der Waals surface area contributed by atoms with Crippen LogP contribution in [0.2, 0.25) is 0 Å². The molecule has 196 valence electrons. The molecule has 1 aliphatic heterocycles. The minimum absolute atomic E-state index is 0.0787. The van der Waals surface area contributed by atoms with Gasteiger partial charge >= 0.3 is 12.1 Å². The summed E-state index contributed by atoms with van der Waals surface area (Å²) in [7, 11) is -1.10. The largest absolute Gasteiger partial charge is 0.497 e. The Balaban J connectivity index is 1.90. The third-order valence-electron chi connectivity index (χ3n) is 5.98. The maximum atomic E-state index is 13.8. The van der Waals surface area contributed by atoms with Crippen LogP contribution in [-0.2, 0) is 26.0 Å². The van der Waals surface area contributed by atoms with E-state index in [2.05, 4.69) is 0 Å². The van der Waals surface area contributed by atoms with E-state index in [-0.39, 0.29) is 23.9 Å². The standard InChI is InChI=1S/C26H34N2O7S/c1-19(2)18-35-26(30)27-15-5-6-22(17-27)28(16-20-7-9-21(10-8-20)25(29)34-4)36(31,32)24-13-11-23(33-3)12-14-24/h7-14,19,22H,5-6,15-18H2,1-4H3. The number of nitrogens with zero attached hydrogens (tertiary/aromatic N) is 2. The van der Waals surface area contributed by atoms with Gasteiger partial charge in [0.25, 0.3) is 0 Å². The first-order chi connectivity index (χ1) is 17.1. The van der Waals surface area contributed by atoms with E-state index in [4.69, 9.17) is 14.2 Å². The zero-order valence-electron chi connectivity index (χ0n) is 21.2. The highest BCUT2D eigenvalue weighted by Crippen LogP contribution is 2.27. The number of piperidine rings is 1. The molecule has 1 saturated heterocycles. The number of likely N-dealkylation sites (tertiary alicyclic amines) is 1. The molecule has 0 saturated carbocycles. The summed E-state index contributed by atoms with van der Waals surface area (Å²) in [6, 6.07) is 12.4. The molecule has 1 amide bonds. The summed E-state index contributed by atoms with van der Waals surface area (Å²) < 4.78 is 44.4. The lowest BCUT2D eigenvalue weighted by molar-refractivity contribution is 0.0600. The van der Waals surface area contributed by atoms with E-state index in [0.717, 1.165) is 0 Å². The molecule has 9 nitrogen and oxygen atoms in total. The second-order valence-corrected chi connectivity index (χ2v) is 11.0. The first-order valence-electron chi connectivity index (χ1n) is 11.9. The number of benzene rings is 2. The van der Waals surface area contributed by atoms with Crippen LogP contribution in [0.4, 0.5) is 4.79 Å². The predicted octanol–water partition coefficient (Wildman–Crippen LogP) is 3.93. The molecule has 3 rings (SSSR count). The smallest absolute Gasteiger partial charge is 0.409 e. The van der Waals surface area contributed by atoms with Gasteiger partial charge in [0.05, 0.1) is 31.3 Å². The van der Waals surface area contributed by atoms with Crippen LogP contribution in [0.25, 0.3) is 0 Å². The van der Waals surface area contributed by atoms with Crippen molar-refractivity contribution in [1.82, 2.24) is 9.21 Å². The van der Waals surface area contributed by atoms with Crippen LogP contribution in [0, 0.1) is 5.92 Å². The third-order valence-corrected chi connectivity index (χ3v) is 7.89. The number of hydrogen-bond acceptors (Lipinski definition) is 7. The Labute approximate surface area is 213 Å². The zero-order valence-corrected chi connectivity index (χ0v) is 22.0. The van der Waals surface area contributed by atoms with Gasteiger partial charge in [0.2, 0.25) is 10.0 Å². The van der Waals surface area contributed by atoms with Gasteiger partial charge in [-0.1, -0.05) is 26.0 Å². The number of hydrogen-bond donors (Lipinski definition) is 0. The van der Waals surface area contributed by atoms with Gasteiger partial charge in [-0.05, 0) is 60.7 Å². The van der Waals surface area contributed by atoms with Gasteiger partial charge in [-0.25, -0.2) is 18.0 Å². The molecule has 1 aliphatic rings. The van der Waals surface area contributed by atoms with E-state index >= 15 is 0 Å². The lowest BCUT2D eigenvalue weighted by Crippen LogP contribution is -2.51. The number of amides is 1. The van der Waals surface area contributed by atoms with Crippen molar-refractivity contribution in [2.24, 2.45) is 5.92 Å². The van der Waals surface area contributed by atoms with Crippen molar-refractivity contribution in [2.45, 2.75) is 44.2 Å². The molecule has 36 heavy (non-hydrogen) atoms. The second kappa shape index (κ2) is 12.2. The molecule has 2 aromatic carbocycles. The van der Waals surface area contributed by atoms with Crippen LogP contribution in [0.3, 0.4) is 0 Å². The van der Waals surface area contributed by atoms with Crippen LogP contribution in [-0.4, -0.2) is 69.6 Å². The summed E-state index contributed by atoms with van der Waals surface area (Å²) in [6.07, 6.45) is 0.818. The monoisotopic (exact) mass is 518 g/mol. The zero-order chi connectivity index (χ0) is 26.3. The minimum atomic E-state index is -3.92. The number of carbonyl (C=O) groups is 2. The summed E-state index contributed by atoms with van der Waals surface area (Å²) in [5.41, 5.74) is 1.08. The van der Waals surface area contributed by atoms with Gasteiger partial charge in [0, 0.05) is 25.7 Å². The highest BCUT2D eigenvalue weighted by Gasteiger charge is 2.36. The van der Waals surface area contributed by atoms with Crippen LogP contribution >= 0.6 is 0 Å². The third kappa shape index (κ3) is 6.76. The Kier molecular flexibility index (Phi) is 9.33. The summed E-state index contributed by atoms with van der Waals surface area (Å²) in [5, 5.41) is 0. The van der Waals surface area contributed by atoms with Gasteiger partial charge < -0.3 is 19.1 Å². The van der Waals surface area contributed by atoms with Crippen LogP contribution in [0.1, 0.15) is 42.6 Å². The van der Waals surface area contributed by atoms with Crippen LogP contribution < -0.4 is 4.74 Å². The van der Waals surface area contributed by atoms with E-state index in [9.17, 15) is 18.0 Å². The van der Waals surface area contributed by atoms with E-state index in [1.807, 2.05) is 13.8 Å². The second-order valence-electron chi connectivity index (χ2n) is 9.13. The minimum Gasteiger partial charge on any atom is -0.497 e. The lowest BCUT2D eigenvalue weighted by Gasteiger charge is -2.38. The fourth-order valence-electron chi connectivity index (χ4n) is 4.02. The number of carbonyl (C=O) groups excluding carboxylic acids is 2. The SMILES string of the molecule is COC(=O)c1ccc(CN(C2CCCN(C(=O)OCC(C)C)C2)S(=O)(=O)c2ccc(OC)cc2)cc1. The van der Waals surface area contributed by atoms with Crippen molar-refractivity contribution >= 4 is 22.1 Å². The molecule has 0 N–H and O–H groups in total. The van der Waals surface area contributed by atoms with Crippen LogP contribution in [0.15, 0.2) is 53.4 Å². The molecule has 10 heteroatoms. The molecule has 0 spiro atoms. The quantitative estimate of drug-likeness (QED) is 0.464. The van der Waals surface area contributed by atoms with Crippen LogP contribution in [0.5, 0.6) is 5.75 Å². The molecular weight excluding hydrogens is 484 g/mol. The predicted molar refractivity (Wildman–Crippen MR) is 134 cm³/mol. The average molecular weight is 519 g/mol. The Morgan fingerprint density at radius 2 is 1.72 bits per heavy atom. The normalized spacial score (nSPS) is 16.2. The Hall–Kier alpha value is -3.11. The van der Waals surface area contributed by atoms with Crippen molar-refractivity contribution in [2.75, 3.05) is 33.9 Å². The summed E-state index contributed by atoms with van der Waals surface area (Å²) in [5.74, 6) is 0.289. The van der Waals surface area contributed by atoms with Gasteiger partial charge in [0.15, 0.2) is 0 Å². The van der Waals surface area contributed by atoms with E-state index in [0.29, 0.717) is 42.9 Å². The fourth-order valence-corrected chi connectivity index (χ4v) is 5.66. The Morgan fingerprint density at radius 3 is 2.31 bits per heavy atom. The summed E-state index contributed by atoms with van der Waals surface area (Å²) in [4.78, 5) is 26.1. The summed E-state index contributed by atoms with van der Waals surface area (Å²) >= 11 is 0. The van der Waals surface area contributed by atoms with Gasteiger partial charge in [-0.15, -0.1) is 0 Å². The molecule has 0 aliphatic carbocycles. The fraction of sp³-hybridized carbons (Fsp3) is 0.462. The summed E-state index contributed by atoms with van der Waals surface area (Å²) in [6.45, 7) is 5.04. The number of ether oxygens (including phenoxy) is 3. The molecular formula is C26H34N2O7S.